The van der Waals surface area contributed by atoms with E-state index in [9.17, 15) is 13.2 Å². The molecule has 2 aliphatic heterocycles. The number of benzene rings is 1. The topological polar surface area (TPSA) is 92.9 Å². The third-order valence-corrected chi connectivity index (χ3v) is 7.54. The molecule has 2 aliphatic rings. The summed E-state index contributed by atoms with van der Waals surface area (Å²) >= 11 is 0. The van der Waals surface area contributed by atoms with Crippen LogP contribution in [0.4, 0.5) is 0 Å². The second-order valence-electron chi connectivity index (χ2n) is 8.10. The molecule has 2 saturated heterocycles. The van der Waals surface area contributed by atoms with Crippen LogP contribution in [0.3, 0.4) is 0 Å². The highest BCUT2D eigenvalue weighted by Gasteiger charge is 2.36. The van der Waals surface area contributed by atoms with E-state index in [1.807, 2.05) is 6.92 Å². The number of piperidine rings is 1. The molecule has 1 amide bonds. The number of aryl methyl sites for hydroxylation is 1. The van der Waals surface area contributed by atoms with Crippen molar-refractivity contribution in [3.8, 4) is 0 Å². The number of hydrogen-bond acceptors (Lipinski definition) is 5. The Labute approximate surface area is 173 Å². The van der Waals surface area contributed by atoms with Gasteiger partial charge in [-0.2, -0.15) is 4.31 Å². The molecule has 0 aromatic heterocycles. The van der Waals surface area contributed by atoms with Crippen LogP contribution in [0.15, 0.2) is 23.1 Å². The molecular weight excluding hydrogens is 402 g/mol. The smallest absolute Gasteiger partial charge is 0.254 e. The molecule has 0 aliphatic carbocycles. The van der Waals surface area contributed by atoms with Crippen molar-refractivity contribution in [3.05, 3.63) is 29.3 Å². The maximum Gasteiger partial charge on any atom is 0.254 e. The lowest BCUT2D eigenvalue weighted by atomic mass is 9.79. The molecule has 1 unspecified atom stereocenters. The minimum atomic E-state index is -3.63. The minimum Gasteiger partial charge on any atom is -0.379 e. The lowest BCUT2D eigenvalue weighted by Gasteiger charge is -2.42. The molecule has 158 valence electrons. The first-order valence-corrected chi connectivity index (χ1v) is 10.8. The van der Waals surface area contributed by atoms with Gasteiger partial charge in [-0.05, 0) is 36.5 Å². The first-order valence-electron chi connectivity index (χ1n) is 9.36. The fourth-order valence-corrected chi connectivity index (χ4v) is 5.08. The lowest BCUT2D eigenvalue weighted by molar-refractivity contribution is 0.0532. The average Bonchev–Trinajstić information content (AvgIpc) is 2.64. The average molecular weight is 432 g/mol. The Hall–Kier alpha value is -1.19. The Morgan fingerprint density at radius 3 is 2.46 bits per heavy atom. The maximum atomic E-state index is 13.1. The van der Waals surface area contributed by atoms with Gasteiger partial charge in [-0.3, -0.25) is 4.79 Å². The van der Waals surface area contributed by atoms with Crippen molar-refractivity contribution in [2.75, 3.05) is 39.4 Å². The summed E-state index contributed by atoms with van der Waals surface area (Å²) in [4.78, 5) is 15.1. The normalized spacial score (nSPS) is 23.1. The van der Waals surface area contributed by atoms with E-state index in [-0.39, 0.29) is 34.7 Å². The van der Waals surface area contributed by atoms with Crippen molar-refractivity contribution in [1.82, 2.24) is 9.21 Å². The molecular formula is C19H30ClN3O4S. The Kier molecular flexibility index (Phi) is 7.15. The van der Waals surface area contributed by atoms with Crippen molar-refractivity contribution in [2.24, 2.45) is 11.1 Å². The summed E-state index contributed by atoms with van der Waals surface area (Å²) in [6.07, 6.45) is 0.740. The van der Waals surface area contributed by atoms with Gasteiger partial charge in [0.2, 0.25) is 10.0 Å². The van der Waals surface area contributed by atoms with E-state index >= 15 is 0 Å². The van der Waals surface area contributed by atoms with Gasteiger partial charge in [-0.1, -0.05) is 19.9 Å². The highest BCUT2D eigenvalue weighted by Crippen LogP contribution is 2.29. The number of sulfonamides is 1. The van der Waals surface area contributed by atoms with E-state index in [2.05, 4.69) is 13.8 Å². The van der Waals surface area contributed by atoms with Gasteiger partial charge in [0, 0.05) is 37.8 Å². The van der Waals surface area contributed by atoms with Crippen LogP contribution in [0.2, 0.25) is 0 Å². The van der Waals surface area contributed by atoms with E-state index in [0.717, 1.165) is 12.0 Å². The zero-order valence-electron chi connectivity index (χ0n) is 16.7. The van der Waals surface area contributed by atoms with E-state index in [0.29, 0.717) is 45.0 Å². The quantitative estimate of drug-likeness (QED) is 0.785. The van der Waals surface area contributed by atoms with Crippen LogP contribution < -0.4 is 5.73 Å². The number of ether oxygens (including phenoxy) is 1. The number of hydrogen-bond donors (Lipinski definition) is 1. The van der Waals surface area contributed by atoms with Gasteiger partial charge in [0.15, 0.2) is 0 Å². The van der Waals surface area contributed by atoms with E-state index < -0.39 is 10.0 Å². The Morgan fingerprint density at radius 2 is 1.86 bits per heavy atom. The molecule has 28 heavy (non-hydrogen) atoms. The number of nitrogens with two attached hydrogens (primary N) is 1. The highest BCUT2D eigenvalue weighted by molar-refractivity contribution is 7.89. The van der Waals surface area contributed by atoms with Crippen LogP contribution in [-0.4, -0.2) is 69.0 Å². The first kappa shape index (κ1) is 23.1. The van der Waals surface area contributed by atoms with Crippen molar-refractivity contribution < 1.29 is 17.9 Å². The van der Waals surface area contributed by atoms with Crippen molar-refractivity contribution in [3.63, 3.8) is 0 Å². The van der Waals surface area contributed by atoms with Gasteiger partial charge in [0.05, 0.1) is 18.1 Å². The van der Waals surface area contributed by atoms with Crippen LogP contribution in [0.1, 0.15) is 36.2 Å². The molecule has 2 N–H and O–H groups in total. The zero-order valence-corrected chi connectivity index (χ0v) is 18.3. The summed E-state index contributed by atoms with van der Waals surface area (Å²) < 4.78 is 32.5. The van der Waals surface area contributed by atoms with E-state index in [1.165, 1.54) is 10.4 Å². The summed E-state index contributed by atoms with van der Waals surface area (Å²) in [6.45, 7) is 8.54. The van der Waals surface area contributed by atoms with Crippen LogP contribution in [0.25, 0.3) is 0 Å². The van der Waals surface area contributed by atoms with Crippen LogP contribution in [-0.2, 0) is 14.8 Å². The molecule has 1 aromatic rings. The minimum absolute atomic E-state index is 0. The van der Waals surface area contributed by atoms with E-state index in [4.69, 9.17) is 10.5 Å². The van der Waals surface area contributed by atoms with Crippen molar-refractivity contribution in [1.29, 1.82) is 0 Å². The van der Waals surface area contributed by atoms with Gasteiger partial charge >= 0.3 is 0 Å². The van der Waals surface area contributed by atoms with Gasteiger partial charge in [-0.15, -0.1) is 12.4 Å². The number of morpholine rings is 1. The third kappa shape index (κ3) is 4.52. The van der Waals surface area contributed by atoms with Crippen LogP contribution >= 0.6 is 12.4 Å². The number of amides is 1. The standard InChI is InChI=1S/C19H29N3O4S.ClH/c1-14-4-5-15(27(24,25)22-8-10-26-11-9-22)12-16(14)18(23)21-7-6-17(20)19(2,3)13-21;/h4-5,12,17H,6-11,13,20H2,1-3H3;1H. The van der Waals surface area contributed by atoms with Crippen LogP contribution in [0, 0.1) is 12.3 Å². The summed E-state index contributed by atoms with van der Waals surface area (Å²) in [5.41, 5.74) is 7.22. The number of likely N-dealkylation sites (tertiary alicyclic amines) is 1. The maximum absolute atomic E-state index is 13.1. The third-order valence-electron chi connectivity index (χ3n) is 5.65. The summed E-state index contributed by atoms with van der Waals surface area (Å²) in [7, 11) is -3.63. The van der Waals surface area contributed by atoms with Crippen molar-refractivity contribution >= 4 is 28.3 Å². The predicted octanol–water partition coefficient (Wildman–Crippen LogP) is 1.64. The monoisotopic (exact) mass is 431 g/mol. The van der Waals surface area contributed by atoms with Gasteiger partial charge < -0.3 is 15.4 Å². The molecule has 1 aromatic carbocycles. The Balaban J connectivity index is 0.00000280. The Morgan fingerprint density at radius 1 is 1.21 bits per heavy atom. The first-order chi connectivity index (χ1) is 12.6. The fourth-order valence-electron chi connectivity index (χ4n) is 3.65. The molecule has 0 saturated carbocycles. The largest absolute Gasteiger partial charge is 0.379 e. The molecule has 0 radical (unpaired) electrons. The second-order valence-corrected chi connectivity index (χ2v) is 10.0. The highest BCUT2D eigenvalue weighted by atomic mass is 35.5. The van der Waals surface area contributed by atoms with Gasteiger partial charge in [0.25, 0.3) is 5.91 Å². The molecule has 2 heterocycles. The second kappa shape index (κ2) is 8.67. The number of carbonyl (C=O) groups excluding carboxylic acids is 1. The number of nitrogens with zero attached hydrogens (tertiary/aromatic N) is 2. The molecule has 3 rings (SSSR count). The molecule has 9 heteroatoms. The van der Waals surface area contributed by atoms with E-state index in [1.54, 1.807) is 17.0 Å². The summed E-state index contributed by atoms with van der Waals surface area (Å²) in [6, 6.07) is 4.86. The molecule has 7 nitrogen and oxygen atoms in total. The van der Waals surface area contributed by atoms with Crippen molar-refractivity contribution in [2.45, 2.75) is 38.1 Å². The fraction of sp³-hybridized carbons (Fsp3) is 0.632. The Bertz CT molecular complexity index is 822. The van der Waals surface area contributed by atoms with Gasteiger partial charge in [-0.25, -0.2) is 8.42 Å². The SMILES string of the molecule is Cc1ccc(S(=O)(=O)N2CCOCC2)cc1C(=O)N1CCC(N)C(C)(C)C1.Cl. The van der Waals surface area contributed by atoms with Gasteiger partial charge in [0.1, 0.15) is 0 Å². The van der Waals surface area contributed by atoms with Crippen LogP contribution in [0.5, 0.6) is 0 Å². The summed E-state index contributed by atoms with van der Waals surface area (Å²) in [5, 5.41) is 0. The number of carbonyl (C=O) groups is 1. The number of halogens is 1. The molecule has 0 spiro atoms. The molecule has 0 bridgehead atoms. The predicted molar refractivity (Wildman–Crippen MR) is 110 cm³/mol. The lowest BCUT2D eigenvalue weighted by Crippen LogP contribution is -2.54. The number of rotatable bonds is 3. The molecule has 1 atom stereocenters. The zero-order chi connectivity index (χ0) is 19.8. The molecule has 2 fully saturated rings. The summed E-state index contributed by atoms with van der Waals surface area (Å²) in [5.74, 6) is -0.133.